The van der Waals surface area contributed by atoms with Crippen LogP contribution in [0, 0.1) is 5.82 Å². The summed E-state index contributed by atoms with van der Waals surface area (Å²) in [5, 5.41) is 6.00. The summed E-state index contributed by atoms with van der Waals surface area (Å²) in [6.07, 6.45) is 1.60. The Morgan fingerprint density at radius 2 is 2.22 bits per heavy atom. The molecule has 3 nitrogen and oxygen atoms in total. The van der Waals surface area contributed by atoms with E-state index in [2.05, 4.69) is 10.6 Å². The van der Waals surface area contributed by atoms with Gasteiger partial charge >= 0.3 is 0 Å². The van der Waals surface area contributed by atoms with Gasteiger partial charge in [0, 0.05) is 12.6 Å². The lowest BCUT2D eigenvalue weighted by molar-refractivity contribution is -0.123. The molecule has 1 aromatic rings. The van der Waals surface area contributed by atoms with E-state index in [-0.39, 0.29) is 17.8 Å². The second-order valence-corrected chi connectivity index (χ2v) is 4.99. The van der Waals surface area contributed by atoms with Gasteiger partial charge in [-0.2, -0.15) is 0 Å². The number of hydrogen-bond acceptors (Lipinski definition) is 2. The molecule has 0 radical (unpaired) electrons. The third-order valence-electron chi connectivity index (χ3n) is 3.62. The van der Waals surface area contributed by atoms with E-state index in [1.165, 1.54) is 12.1 Å². The highest BCUT2D eigenvalue weighted by molar-refractivity contribution is 5.91. The molecule has 2 N–H and O–H groups in total. The van der Waals surface area contributed by atoms with E-state index in [0.717, 1.165) is 18.4 Å². The first-order chi connectivity index (χ1) is 8.58. The molecule has 0 aromatic heterocycles. The lowest BCUT2D eigenvalue weighted by Crippen LogP contribution is -2.42. The third-order valence-corrected chi connectivity index (χ3v) is 3.62. The first-order valence-electron chi connectivity index (χ1n) is 6.30. The molecule has 0 saturated heterocycles. The van der Waals surface area contributed by atoms with Gasteiger partial charge in [-0.1, -0.05) is 12.1 Å². The highest BCUT2D eigenvalue weighted by Gasteiger charge is 2.51. The van der Waals surface area contributed by atoms with Crippen molar-refractivity contribution in [2.45, 2.75) is 31.2 Å². The number of benzene rings is 1. The summed E-state index contributed by atoms with van der Waals surface area (Å²) in [7, 11) is 1.86. The van der Waals surface area contributed by atoms with Crippen molar-refractivity contribution in [2.24, 2.45) is 0 Å². The van der Waals surface area contributed by atoms with Crippen molar-refractivity contribution in [1.82, 2.24) is 10.6 Å². The molecule has 18 heavy (non-hydrogen) atoms. The molecule has 1 unspecified atom stereocenters. The SMILES string of the molecule is CNC(C)CNC(=O)C1(c2cccc(F)c2)CC1. The molecule has 1 aliphatic carbocycles. The third kappa shape index (κ3) is 2.53. The van der Waals surface area contributed by atoms with Crippen molar-refractivity contribution in [3.8, 4) is 0 Å². The van der Waals surface area contributed by atoms with Crippen molar-refractivity contribution in [3.63, 3.8) is 0 Å². The largest absolute Gasteiger partial charge is 0.354 e. The maximum atomic E-state index is 13.2. The van der Waals surface area contributed by atoms with Crippen LogP contribution in [0.25, 0.3) is 0 Å². The van der Waals surface area contributed by atoms with Crippen LogP contribution in [0.5, 0.6) is 0 Å². The number of likely N-dealkylation sites (N-methyl/N-ethyl adjacent to an activating group) is 1. The zero-order valence-electron chi connectivity index (χ0n) is 10.8. The lowest BCUT2D eigenvalue weighted by atomic mass is 9.95. The Bertz CT molecular complexity index is 443. The standard InChI is InChI=1S/C14H19FN2O/c1-10(16-2)9-17-13(18)14(6-7-14)11-4-3-5-12(15)8-11/h3-5,8,10,16H,6-7,9H2,1-2H3,(H,17,18). The van der Waals surface area contributed by atoms with Gasteiger partial charge in [-0.3, -0.25) is 4.79 Å². The molecule has 1 amide bonds. The zero-order chi connectivity index (χ0) is 13.2. The molecule has 0 spiro atoms. The van der Waals surface area contributed by atoms with E-state index in [0.29, 0.717) is 6.54 Å². The highest BCUT2D eigenvalue weighted by Crippen LogP contribution is 2.48. The minimum atomic E-state index is -0.491. The Balaban J connectivity index is 2.05. The smallest absolute Gasteiger partial charge is 0.230 e. The molecule has 0 aliphatic heterocycles. The van der Waals surface area contributed by atoms with E-state index in [4.69, 9.17) is 0 Å². The van der Waals surface area contributed by atoms with Crippen molar-refractivity contribution in [1.29, 1.82) is 0 Å². The number of halogens is 1. The van der Waals surface area contributed by atoms with Gasteiger partial charge in [0.15, 0.2) is 0 Å². The van der Waals surface area contributed by atoms with E-state index < -0.39 is 5.41 Å². The highest BCUT2D eigenvalue weighted by atomic mass is 19.1. The molecule has 4 heteroatoms. The first-order valence-corrected chi connectivity index (χ1v) is 6.30. The molecule has 1 saturated carbocycles. The van der Waals surface area contributed by atoms with Gasteiger partial charge in [-0.05, 0) is 44.5 Å². The van der Waals surface area contributed by atoms with E-state index in [9.17, 15) is 9.18 Å². The number of nitrogens with one attached hydrogen (secondary N) is 2. The minimum absolute atomic E-state index is 0.00944. The zero-order valence-corrected chi connectivity index (χ0v) is 10.8. The number of amides is 1. The summed E-state index contributed by atoms with van der Waals surface area (Å²) in [4.78, 5) is 12.2. The van der Waals surface area contributed by atoms with Crippen molar-refractivity contribution in [2.75, 3.05) is 13.6 Å². The fourth-order valence-corrected chi connectivity index (χ4v) is 2.08. The summed E-state index contributed by atoms with van der Waals surface area (Å²) < 4.78 is 13.2. The van der Waals surface area contributed by atoms with Gasteiger partial charge < -0.3 is 10.6 Å². The molecule has 98 valence electrons. The molecular formula is C14H19FN2O. The minimum Gasteiger partial charge on any atom is -0.354 e. The molecular weight excluding hydrogens is 231 g/mol. The Morgan fingerprint density at radius 1 is 1.50 bits per heavy atom. The number of rotatable bonds is 5. The molecule has 1 aromatic carbocycles. The average Bonchev–Trinajstić information content (AvgIpc) is 3.17. The summed E-state index contributed by atoms with van der Waals surface area (Å²) in [6.45, 7) is 2.59. The van der Waals surface area contributed by atoms with Crippen LogP contribution in [0.1, 0.15) is 25.3 Å². The van der Waals surface area contributed by atoms with Crippen LogP contribution in [0.15, 0.2) is 24.3 Å². The van der Waals surface area contributed by atoms with Crippen LogP contribution in [-0.4, -0.2) is 25.5 Å². The molecule has 0 bridgehead atoms. The van der Waals surface area contributed by atoms with Crippen LogP contribution in [0.3, 0.4) is 0 Å². The van der Waals surface area contributed by atoms with Crippen LogP contribution in [-0.2, 0) is 10.2 Å². The maximum absolute atomic E-state index is 13.2. The van der Waals surface area contributed by atoms with Gasteiger partial charge in [0.1, 0.15) is 5.82 Å². The lowest BCUT2D eigenvalue weighted by Gasteiger charge is -2.18. The van der Waals surface area contributed by atoms with E-state index >= 15 is 0 Å². The second-order valence-electron chi connectivity index (χ2n) is 4.99. The summed E-state index contributed by atoms with van der Waals surface area (Å²) in [6, 6.07) is 6.59. The van der Waals surface area contributed by atoms with Crippen molar-refractivity contribution < 1.29 is 9.18 Å². The fraction of sp³-hybridized carbons (Fsp3) is 0.500. The van der Waals surface area contributed by atoms with Gasteiger partial charge in [-0.25, -0.2) is 4.39 Å². The van der Waals surface area contributed by atoms with Crippen LogP contribution in [0.4, 0.5) is 4.39 Å². The van der Waals surface area contributed by atoms with Crippen LogP contribution in [0.2, 0.25) is 0 Å². The maximum Gasteiger partial charge on any atom is 0.230 e. The number of carbonyl (C=O) groups excluding carboxylic acids is 1. The Hall–Kier alpha value is -1.42. The number of hydrogen-bond donors (Lipinski definition) is 2. The monoisotopic (exact) mass is 250 g/mol. The average molecular weight is 250 g/mol. The van der Waals surface area contributed by atoms with Crippen LogP contribution >= 0.6 is 0 Å². The van der Waals surface area contributed by atoms with Gasteiger partial charge in [0.25, 0.3) is 0 Å². The van der Waals surface area contributed by atoms with Gasteiger partial charge in [0.05, 0.1) is 5.41 Å². The molecule has 2 rings (SSSR count). The van der Waals surface area contributed by atoms with Gasteiger partial charge in [0.2, 0.25) is 5.91 Å². The summed E-state index contributed by atoms with van der Waals surface area (Å²) in [5.74, 6) is -0.273. The number of carbonyl (C=O) groups is 1. The fourth-order valence-electron chi connectivity index (χ4n) is 2.08. The Kier molecular flexibility index (Phi) is 3.66. The molecule has 0 heterocycles. The second kappa shape index (κ2) is 5.06. The molecule has 1 fully saturated rings. The summed E-state index contributed by atoms with van der Waals surface area (Å²) >= 11 is 0. The first kappa shape index (κ1) is 13.0. The molecule has 1 atom stereocenters. The predicted molar refractivity (Wildman–Crippen MR) is 68.8 cm³/mol. The van der Waals surface area contributed by atoms with E-state index in [1.807, 2.05) is 20.0 Å². The van der Waals surface area contributed by atoms with E-state index in [1.54, 1.807) is 6.07 Å². The summed E-state index contributed by atoms with van der Waals surface area (Å²) in [5.41, 5.74) is 0.298. The van der Waals surface area contributed by atoms with Crippen molar-refractivity contribution in [3.05, 3.63) is 35.6 Å². The predicted octanol–water partition coefficient (Wildman–Crippen LogP) is 1.58. The quantitative estimate of drug-likeness (QED) is 0.833. The normalized spacial score (nSPS) is 18.2. The molecule has 1 aliphatic rings. The topological polar surface area (TPSA) is 41.1 Å². The Labute approximate surface area is 107 Å². The van der Waals surface area contributed by atoms with Gasteiger partial charge in [-0.15, -0.1) is 0 Å². The Morgan fingerprint density at radius 3 is 2.78 bits per heavy atom. The van der Waals surface area contributed by atoms with Crippen molar-refractivity contribution >= 4 is 5.91 Å². The van der Waals surface area contributed by atoms with Crippen LogP contribution < -0.4 is 10.6 Å².